The van der Waals surface area contributed by atoms with Gasteiger partial charge in [-0.25, -0.2) is 4.79 Å². The maximum absolute atomic E-state index is 11.9. The summed E-state index contributed by atoms with van der Waals surface area (Å²) in [6.07, 6.45) is 2.45. The smallest absolute Gasteiger partial charge is 0.326 e. The molecule has 1 amide bonds. The monoisotopic (exact) mass is 289 g/mol. The molecule has 0 spiro atoms. The summed E-state index contributed by atoms with van der Waals surface area (Å²) in [5.74, 6) is -0.298. The van der Waals surface area contributed by atoms with Gasteiger partial charge in [-0.2, -0.15) is 0 Å². The average Bonchev–Trinajstić information content (AvgIpc) is 2.40. The molecular weight excluding hydrogens is 266 g/mol. The number of hydrogen-bond donors (Lipinski definition) is 2. The summed E-state index contributed by atoms with van der Waals surface area (Å²) >= 11 is 0. The number of benzene rings is 1. The molecule has 1 atom stereocenters. The number of amides is 1. The lowest BCUT2D eigenvalue weighted by Gasteiger charge is -2.35. The lowest BCUT2D eigenvalue weighted by atomic mass is 9.70. The van der Waals surface area contributed by atoms with E-state index >= 15 is 0 Å². The average molecular weight is 289 g/mol. The summed E-state index contributed by atoms with van der Waals surface area (Å²) in [5, 5.41) is 11.7. The Kier molecular flexibility index (Phi) is 4.99. The van der Waals surface area contributed by atoms with Crippen LogP contribution in [0.4, 0.5) is 0 Å². The van der Waals surface area contributed by atoms with Crippen LogP contribution in [0.2, 0.25) is 0 Å². The zero-order valence-corrected chi connectivity index (χ0v) is 12.6. The summed E-state index contributed by atoms with van der Waals surface area (Å²) in [4.78, 5) is 23.0. The standard InChI is InChI=1S/C17H23NO3/c1-11(2)16(17(20)21)18-15(19)10-12-8-14(9-12)13-6-4-3-5-7-13/h3-7,11-12,14,16H,8-10H2,1-2H3,(H,18,19)(H,20,21). The van der Waals surface area contributed by atoms with E-state index in [-0.39, 0.29) is 11.8 Å². The Bertz CT molecular complexity index is 492. The Labute approximate surface area is 125 Å². The van der Waals surface area contributed by atoms with Gasteiger partial charge in [-0.15, -0.1) is 0 Å². The zero-order valence-electron chi connectivity index (χ0n) is 12.6. The van der Waals surface area contributed by atoms with Crippen molar-refractivity contribution in [3.63, 3.8) is 0 Å². The molecule has 2 rings (SSSR count). The summed E-state index contributed by atoms with van der Waals surface area (Å²) in [6.45, 7) is 3.60. The van der Waals surface area contributed by atoms with E-state index in [9.17, 15) is 9.59 Å². The molecule has 0 bridgehead atoms. The van der Waals surface area contributed by atoms with Gasteiger partial charge in [-0.05, 0) is 36.2 Å². The molecule has 4 nitrogen and oxygen atoms in total. The number of carboxylic acid groups (broad SMARTS) is 1. The summed E-state index contributed by atoms with van der Waals surface area (Å²) in [7, 11) is 0. The fourth-order valence-electron chi connectivity index (χ4n) is 2.91. The normalized spacial score (nSPS) is 22.4. The van der Waals surface area contributed by atoms with Gasteiger partial charge in [0.1, 0.15) is 6.04 Å². The minimum atomic E-state index is -0.964. The van der Waals surface area contributed by atoms with Crippen molar-refractivity contribution < 1.29 is 14.7 Å². The van der Waals surface area contributed by atoms with Gasteiger partial charge in [0, 0.05) is 6.42 Å². The largest absolute Gasteiger partial charge is 0.480 e. The van der Waals surface area contributed by atoms with Crippen LogP contribution in [-0.2, 0) is 9.59 Å². The van der Waals surface area contributed by atoms with Gasteiger partial charge in [0.05, 0.1) is 0 Å². The van der Waals surface area contributed by atoms with Crippen LogP contribution in [0.25, 0.3) is 0 Å². The minimum Gasteiger partial charge on any atom is -0.480 e. The number of carboxylic acids is 1. The van der Waals surface area contributed by atoms with E-state index in [2.05, 4.69) is 17.4 Å². The predicted octanol–water partition coefficient (Wildman–Crippen LogP) is 2.80. The van der Waals surface area contributed by atoms with Crippen LogP contribution < -0.4 is 5.32 Å². The molecule has 0 aliphatic heterocycles. The molecular formula is C17H23NO3. The molecule has 1 aliphatic rings. The van der Waals surface area contributed by atoms with Gasteiger partial charge >= 0.3 is 5.97 Å². The molecule has 2 N–H and O–H groups in total. The van der Waals surface area contributed by atoms with Crippen LogP contribution in [0.5, 0.6) is 0 Å². The Morgan fingerprint density at radius 2 is 1.86 bits per heavy atom. The van der Waals surface area contributed by atoms with Crippen LogP contribution in [0.1, 0.15) is 44.6 Å². The zero-order chi connectivity index (χ0) is 15.4. The van der Waals surface area contributed by atoms with Gasteiger partial charge in [-0.1, -0.05) is 44.2 Å². The summed E-state index contributed by atoms with van der Waals surface area (Å²) in [5.41, 5.74) is 1.33. The second kappa shape index (κ2) is 6.74. The van der Waals surface area contributed by atoms with Gasteiger partial charge in [0.25, 0.3) is 0 Å². The van der Waals surface area contributed by atoms with Crippen molar-refractivity contribution in [1.29, 1.82) is 0 Å². The summed E-state index contributed by atoms with van der Waals surface area (Å²) in [6, 6.07) is 9.54. The number of rotatable bonds is 6. The van der Waals surface area contributed by atoms with Crippen LogP contribution >= 0.6 is 0 Å². The van der Waals surface area contributed by atoms with Crippen molar-refractivity contribution >= 4 is 11.9 Å². The Hall–Kier alpha value is -1.84. The van der Waals surface area contributed by atoms with E-state index in [0.717, 1.165) is 12.8 Å². The van der Waals surface area contributed by atoms with Crippen molar-refractivity contribution in [3.8, 4) is 0 Å². The molecule has 1 fully saturated rings. The first-order valence-electron chi connectivity index (χ1n) is 7.54. The number of carbonyl (C=O) groups excluding carboxylic acids is 1. The fraction of sp³-hybridized carbons (Fsp3) is 0.529. The Morgan fingerprint density at radius 3 is 2.38 bits per heavy atom. The Balaban J connectivity index is 1.77. The number of aliphatic carboxylic acids is 1. The molecule has 1 saturated carbocycles. The lowest BCUT2D eigenvalue weighted by Crippen LogP contribution is -2.45. The molecule has 4 heteroatoms. The lowest BCUT2D eigenvalue weighted by molar-refractivity contribution is -0.143. The van der Waals surface area contributed by atoms with E-state index in [1.165, 1.54) is 5.56 Å². The topological polar surface area (TPSA) is 66.4 Å². The highest BCUT2D eigenvalue weighted by Crippen LogP contribution is 2.43. The van der Waals surface area contributed by atoms with E-state index in [1.54, 1.807) is 13.8 Å². The maximum Gasteiger partial charge on any atom is 0.326 e. The summed E-state index contributed by atoms with van der Waals surface area (Å²) < 4.78 is 0. The first kappa shape index (κ1) is 15.5. The third kappa shape index (κ3) is 4.06. The molecule has 21 heavy (non-hydrogen) atoms. The first-order chi connectivity index (χ1) is 9.97. The van der Waals surface area contributed by atoms with Gasteiger partial charge in [0.2, 0.25) is 5.91 Å². The number of nitrogens with one attached hydrogen (secondary N) is 1. The van der Waals surface area contributed by atoms with Crippen LogP contribution in [0.3, 0.4) is 0 Å². The van der Waals surface area contributed by atoms with Crippen molar-refractivity contribution in [2.45, 2.75) is 45.1 Å². The molecule has 114 valence electrons. The number of hydrogen-bond acceptors (Lipinski definition) is 2. The van der Waals surface area contributed by atoms with E-state index in [1.807, 2.05) is 18.2 Å². The molecule has 0 radical (unpaired) electrons. The van der Waals surface area contributed by atoms with E-state index in [0.29, 0.717) is 18.3 Å². The maximum atomic E-state index is 11.9. The fourth-order valence-corrected chi connectivity index (χ4v) is 2.91. The third-order valence-electron chi connectivity index (χ3n) is 4.23. The van der Waals surface area contributed by atoms with Crippen LogP contribution in [0.15, 0.2) is 30.3 Å². The van der Waals surface area contributed by atoms with Crippen molar-refractivity contribution in [1.82, 2.24) is 5.32 Å². The number of carbonyl (C=O) groups is 2. The van der Waals surface area contributed by atoms with Gasteiger partial charge < -0.3 is 10.4 Å². The van der Waals surface area contributed by atoms with Crippen LogP contribution in [0, 0.1) is 11.8 Å². The third-order valence-corrected chi connectivity index (χ3v) is 4.23. The molecule has 0 heterocycles. The van der Waals surface area contributed by atoms with Crippen molar-refractivity contribution in [2.75, 3.05) is 0 Å². The van der Waals surface area contributed by atoms with Crippen LogP contribution in [-0.4, -0.2) is 23.0 Å². The highest BCUT2D eigenvalue weighted by Gasteiger charge is 2.32. The van der Waals surface area contributed by atoms with E-state index < -0.39 is 12.0 Å². The quantitative estimate of drug-likeness (QED) is 0.846. The molecule has 0 saturated heterocycles. The highest BCUT2D eigenvalue weighted by molar-refractivity contribution is 5.83. The van der Waals surface area contributed by atoms with Gasteiger partial charge in [0.15, 0.2) is 0 Å². The predicted molar refractivity (Wildman–Crippen MR) is 80.9 cm³/mol. The first-order valence-corrected chi connectivity index (χ1v) is 7.54. The second-order valence-electron chi connectivity index (χ2n) is 6.28. The highest BCUT2D eigenvalue weighted by atomic mass is 16.4. The molecule has 1 aromatic rings. The van der Waals surface area contributed by atoms with E-state index in [4.69, 9.17) is 5.11 Å². The SMILES string of the molecule is CC(C)C(NC(=O)CC1CC(c2ccccc2)C1)C(=O)O. The molecule has 1 aliphatic carbocycles. The van der Waals surface area contributed by atoms with Crippen molar-refractivity contribution in [3.05, 3.63) is 35.9 Å². The Morgan fingerprint density at radius 1 is 1.24 bits per heavy atom. The molecule has 0 aromatic heterocycles. The molecule has 1 aromatic carbocycles. The van der Waals surface area contributed by atoms with Gasteiger partial charge in [-0.3, -0.25) is 4.79 Å². The molecule has 1 unspecified atom stereocenters. The minimum absolute atomic E-state index is 0.107. The second-order valence-corrected chi connectivity index (χ2v) is 6.28. The van der Waals surface area contributed by atoms with Crippen molar-refractivity contribution in [2.24, 2.45) is 11.8 Å².